The summed E-state index contributed by atoms with van der Waals surface area (Å²) in [5, 5.41) is 22.9. The summed E-state index contributed by atoms with van der Waals surface area (Å²) in [5.74, 6) is -4.22. The monoisotopic (exact) mass is 546 g/mol. The van der Waals surface area contributed by atoms with Gasteiger partial charge in [0.1, 0.15) is 29.5 Å². The first-order valence-electron chi connectivity index (χ1n) is 15.1. The van der Waals surface area contributed by atoms with Gasteiger partial charge < -0.3 is 38.6 Å². The van der Waals surface area contributed by atoms with Crippen molar-refractivity contribution in [1.29, 1.82) is 0 Å². The lowest BCUT2D eigenvalue weighted by molar-refractivity contribution is -0.435. The topological polar surface area (TPSA) is 116 Å². The lowest BCUT2D eigenvalue weighted by Crippen LogP contribution is -2.75. The van der Waals surface area contributed by atoms with Crippen molar-refractivity contribution in [3.8, 4) is 0 Å². The number of hydrogen-bond donors (Lipinski definition) is 2. The van der Waals surface area contributed by atoms with Crippen LogP contribution in [0.5, 0.6) is 0 Å². The average Bonchev–Trinajstić information content (AvgIpc) is 3.39. The maximum absolute atomic E-state index is 14.0. The van der Waals surface area contributed by atoms with E-state index in [1.807, 2.05) is 13.8 Å². The molecule has 1 unspecified atom stereocenters. The van der Waals surface area contributed by atoms with Crippen LogP contribution < -0.4 is 0 Å². The largest absolute Gasteiger partial charge is 0.431 e. The molecular formula is C30H42O9. The maximum atomic E-state index is 14.0. The molecule has 8 aliphatic rings. The first-order valence-corrected chi connectivity index (χ1v) is 15.1. The number of carbonyl (C=O) groups excluding carboxylic acids is 1. The molecule has 6 saturated heterocycles. The Morgan fingerprint density at radius 3 is 2.51 bits per heavy atom. The molecule has 5 bridgehead atoms. The highest BCUT2D eigenvalue weighted by atomic mass is 16.9. The second-order valence-electron chi connectivity index (χ2n) is 14.2. The van der Waals surface area contributed by atoms with Gasteiger partial charge in [-0.15, -0.1) is 0 Å². The molecule has 2 aliphatic carbocycles. The molecule has 6 aliphatic heterocycles. The third-order valence-corrected chi connectivity index (χ3v) is 12.3. The Hall–Kier alpha value is -1.07. The van der Waals surface area contributed by atoms with Crippen molar-refractivity contribution in [3.05, 3.63) is 12.2 Å². The third-order valence-electron chi connectivity index (χ3n) is 12.3. The minimum Gasteiger partial charge on any atom is -0.431 e. The number of aliphatic hydroxyl groups is 2. The van der Waals surface area contributed by atoms with Crippen molar-refractivity contribution in [3.63, 3.8) is 0 Å². The smallest absolute Gasteiger partial charge is 0.344 e. The number of fused-ring (bicyclic) bond motifs is 3. The number of esters is 1. The molecule has 0 aromatic rings. The minimum atomic E-state index is -1.73. The molecule has 39 heavy (non-hydrogen) atoms. The summed E-state index contributed by atoms with van der Waals surface area (Å²) in [6.07, 6.45) is 4.93. The van der Waals surface area contributed by atoms with Crippen LogP contribution in [-0.4, -0.2) is 75.3 Å². The Kier molecular flexibility index (Phi) is 4.90. The minimum absolute atomic E-state index is 0.104. The van der Waals surface area contributed by atoms with Crippen LogP contribution in [0.3, 0.4) is 0 Å². The van der Waals surface area contributed by atoms with Gasteiger partial charge in [0, 0.05) is 31.1 Å². The van der Waals surface area contributed by atoms with Gasteiger partial charge in [0.25, 0.3) is 5.97 Å². The van der Waals surface area contributed by atoms with E-state index < -0.39 is 76.9 Å². The van der Waals surface area contributed by atoms with E-state index in [2.05, 4.69) is 20.4 Å². The van der Waals surface area contributed by atoms with Crippen molar-refractivity contribution in [1.82, 2.24) is 0 Å². The van der Waals surface area contributed by atoms with Crippen molar-refractivity contribution < 1.29 is 43.4 Å². The van der Waals surface area contributed by atoms with Crippen LogP contribution in [-0.2, 0) is 33.2 Å². The zero-order valence-corrected chi connectivity index (χ0v) is 23.4. The van der Waals surface area contributed by atoms with Gasteiger partial charge in [-0.1, -0.05) is 52.5 Å². The molecule has 0 radical (unpaired) electrons. The molecule has 0 aromatic carbocycles. The Bertz CT molecular complexity index is 1140. The predicted octanol–water partition coefficient (Wildman–Crippen LogP) is 2.95. The molecule has 0 amide bonds. The Labute approximate surface area is 229 Å². The molecule has 2 N–H and O–H groups in total. The fourth-order valence-corrected chi connectivity index (χ4v) is 10.7. The highest BCUT2D eigenvalue weighted by Gasteiger charge is 2.93. The van der Waals surface area contributed by atoms with Crippen molar-refractivity contribution in [2.75, 3.05) is 6.61 Å². The molecular weight excluding hydrogens is 504 g/mol. The van der Waals surface area contributed by atoms with Gasteiger partial charge in [-0.3, -0.25) is 0 Å². The van der Waals surface area contributed by atoms with Gasteiger partial charge in [0.15, 0.2) is 0 Å². The first kappa shape index (κ1) is 25.6. The van der Waals surface area contributed by atoms with Gasteiger partial charge in [0.2, 0.25) is 11.4 Å². The Morgan fingerprint density at radius 2 is 1.77 bits per heavy atom. The molecule has 9 nitrogen and oxygen atoms in total. The van der Waals surface area contributed by atoms with Crippen LogP contribution in [0.15, 0.2) is 12.2 Å². The quantitative estimate of drug-likeness (QED) is 0.306. The third kappa shape index (κ3) is 2.63. The molecule has 8 fully saturated rings. The summed E-state index contributed by atoms with van der Waals surface area (Å²) >= 11 is 0. The van der Waals surface area contributed by atoms with Crippen LogP contribution in [0.4, 0.5) is 0 Å². The summed E-state index contributed by atoms with van der Waals surface area (Å²) in [6.45, 7) is 12.1. The Balaban J connectivity index is 1.42. The van der Waals surface area contributed by atoms with Gasteiger partial charge in [-0.25, -0.2) is 4.79 Å². The highest BCUT2D eigenvalue weighted by Crippen LogP contribution is 2.77. The fraction of sp³-hybridized carbons (Fsp3) is 0.900. The van der Waals surface area contributed by atoms with E-state index in [9.17, 15) is 15.0 Å². The number of rotatable bonds is 2. The second-order valence-corrected chi connectivity index (χ2v) is 14.2. The van der Waals surface area contributed by atoms with E-state index in [4.69, 9.17) is 28.4 Å². The van der Waals surface area contributed by atoms with E-state index in [-0.39, 0.29) is 17.8 Å². The van der Waals surface area contributed by atoms with Crippen LogP contribution in [0.2, 0.25) is 0 Å². The second kappa shape index (κ2) is 7.46. The number of ether oxygens (including phenoxy) is 6. The van der Waals surface area contributed by atoms with Crippen molar-refractivity contribution >= 4 is 5.97 Å². The lowest BCUT2D eigenvalue weighted by Gasteiger charge is -2.61. The number of hydrogen-bond acceptors (Lipinski definition) is 9. The van der Waals surface area contributed by atoms with Gasteiger partial charge >= 0.3 is 5.97 Å². The van der Waals surface area contributed by atoms with Crippen LogP contribution >= 0.6 is 0 Å². The van der Waals surface area contributed by atoms with E-state index in [0.717, 1.165) is 44.1 Å². The van der Waals surface area contributed by atoms with E-state index in [1.54, 1.807) is 0 Å². The van der Waals surface area contributed by atoms with Gasteiger partial charge in [-0.2, -0.15) is 0 Å². The van der Waals surface area contributed by atoms with Crippen LogP contribution in [0.25, 0.3) is 0 Å². The molecule has 6 heterocycles. The maximum Gasteiger partial charge on any atom is 0.344 e. The van der Waals surface area contributed by atoms with E-state index in [1.165, 1.54) is 0 Å². The molecule has 8 rings (SSSR count). The Morgan fingerprint density at radius 1 is 1.03 bits per heavy atom. The number of aliphatic hydroxyl groups excluding tert-OH is 2. The summed E-state index contributed by atoms with van der Waals surface area (Å²) in [5.41, 5.74) is -4.00. The molecule has 3 spiro atoms. The summed E-state index contributed by atoms with van der Waals surface area (Å²) in [7, 11) is 0. The van der Waals surface area contributed by atoms with Crippen LogP contribution in [0.1, 0.15) is 79.1 Å². The highest BCUT2D eigenvalue weighted by molar-refractivity contribution is 5.85. The van der Waals surface area contributed by atoms with Crippen LogP contribution in [0, 0.1) is 29.6 Å². The average molecular weight is 547 g/mol. The zero-order valence-electron chi connectivity index (χ0n) is 23.4. The molecule has 9 heteroatoms. The summed E-state index contributed by atoms with van der Waals surface area (Å²) < 4.78 is 40.2. The first-order chi connectivity index (χ1) is 18.5. The van der Waals surface area contributed by atoms with Crippen molar-refractivity contribution in [2.24, 2.45) is 29.6 Å². The molecule has 14 atom stereocenters. The number of epoxide rings is 1. The molecule has 2 saturated carbocycles. The normalized spacial score (nSPS) is 62.4. The van der Waals surface area contributed by atoms with Gasteiger partial charge in [-0.05, 0) is 37.2 Å². The predicted molar refractivity (Wildman–Crippen MR) is 135 cm³/mol. The standard InChI is InChI=1S/C30H42O9/c1-15(2)26-13-17(4)29-19-21(26)35-28(38-26,39-29)12-10-8-6-7-9-11-16(3)18-20(29)30(24(33)36-25(18,5)37-30)23(32)27(14-31)22(19)34-27/h16-23,31-32H,1,6-14H2,2-5H3/t16-,17+,18+,19+,20?,21+,22-,23+,25-,26+,27-,28-,29+,30-/m0/s1. The zero-order chi connectivity index (χ0) is 27.4. The fourth-order valence-electron chi connectivity index (χ4n) is 10.7. The van der Waals surface area contributed by atoms with E-state index in [0.29, 0.717) is 12.8 Å². The number of carbonyl (C=O) groups is 1. The SMILES string of the molecule is C=C(C)[C@]12C[C@@H](C)[C@]34O[C@]5(CCCCCCC[C@H](C)[C@@H]6C3[C@]3(O[C@]6(C)OC3=O)[C@H](O)[C@@]3(CO)O[C@H]3[C@H]4[C@H]1O5)O2. The molecule has 216 valence electrons. The van der Waals surface area contributed by atoms with Crippen molar-refractivity contribution in [2.45, 2.75) is 132 Å². The molecule has 0 aromatic heterocycles. The lowest BCUT2D eigenvalue weighted by atomic mass is 9.50. The van der Waals surface area contributed by atoms with E-state index >= 15 is 0 Å². The summed E-state index contributed by atoms with van der Waals surface area (Å²) in [4.78, 5) is 14.0. The van der Waals surface area contributed by atoms with Gasteiger partial charge in [0.05, 0.1) is 12.2 Å². The summed E-state index contributed by atoms with van der Waals surface area (Å²) in [6, 6.07) is 0.